The Morgan fingerprint density at radius 2 is 2.32 bits per heavy atom. The summed E-state index contributed by atoms with van der Waals surface area (Å²) < 4.78 is 7.70. The first-order valence-corrected chi connectivity index (χ1v) is 6.30. The van der Waals surface area contributed by atoms with Crippen molar-refractivity contribution in [1.82, 2.24) is 24.5 Å². The molecule has 1 N–H and O–H groups in total. The molecule has 2 aromatic heterocycles. The second-order valence-corrected chi connectivity index (χ2v) is 4.49. The van der Waals surface area contributed by atoms with Gasteiger partial charge in [0.25, 0.3) is 0 Å². The largest absolute Gasteiger partial charge is 0.463 e. The first kappa shape index (κ1) is 15.6. The molecule has 0 bridgehead atoms. The van der Waals surface area contributed by atoms with E-state index < -0.39 is 16.9 Å². The molecule has 2 rings (SSSR count). The van der Waals surface area contributed by atoms with Crippen LogP contribution in [-0.2, 0) is 16.1 Å². The number of aliphatic hydroxyl groups excluding tert-OH is 1. The maximum atomic E-state index is 10.8. The quantitative estimate of drug-likeness (QED) is 0.411. The third-order valence-corrected chi connectivity index (χ3v) is 2.77. The van der Waals surface area contributed by atoms with E-state index in [-0.39, 0.29) is 25.6 Å². The molecule has 0 spiro atoms. The van der Waals surface area contributed by atoms with Crippen LogP contribution in [0.5, 0.6) is 0 Å². The summed E-state index contributed by atoms with van der Waals surface area (Å²) in [5.41, 5.74) is 0.522. The van der Waals surface area contributed by atoms with E-state index in [1.807, 2.05) is 0 Å². The molecule has 2 aromatic rings. The average Bonchev–Trinajstić information content (AvgIpc) is 3.09. The van der Waals surface area contributed by atoms with Crippen LogP contribution in [0.4, 0.5) is 5.82 Å². The van der Waals surface area contributed by atoms with Crippen molar-refractivity contribution in [1.29, 1.82) is 0 Å². The molecular formula is C11H14N6O5. The maximum absolute atomic E-state index is 10.8. The van der Waals surface area contributed by atoms with Gasteiger partial charge in [-0.15, -0.1) is 5.10 Å². The standard InChI is InChI=1S/C11H14N6O5/c1-8(19)22-6-10(5-18)16-3-9(13-14-16)2-15-4-11(12-7-15)17(20)21/h3-4,7,10,18H,2,5-6H2,1H3. The Kier molecular flexibility index (Phi) is 4.78. The van der Waals surface area contributed by atoms with Gasteiger partial charge in [-0.05, 0) is 9.91 Å². The first-order valence-electron chi connectivity index (χ1n) is 6.30. The molecule has 11 nitrogen and oxygen atoms in total. The number of nitro groups is 1. The highest BCUT2D eigenvalue weighted by Gasteiger charge is 2.15. The Labute approximate surface area is 124 Å². The van der Waals surface area contributed by atoms with Crippen LogP contribution in [0.2, 0.25) is 0 Å². The van der Waals surface area contributed by atoms with Gasteiger partial charge in [0.05, 0.1) is 19.3 Å². The molecular weight excluding hydrogens is 296 g/mol. The average molecular weight is 310 g/mol. The highest BCUT2D eigenvalue weighted by atomic mass is 16.6. The summed E-state index contributed by atoms with van der Waals surface area (Å²) in [6, 6.07) is -0.540. The van der Waals surface area contributed by atoms with Gasteiger partial charge in [-0.25, -0.2) is 4.68 Å². The predicted molar refractivity (Wildman–Crippen MR) is 70.8 cm³/mol. The topological polar surface area (TPSA) is 138 Å². The molecule has 0 fully saturated rings. The van der Waals surface area contributed by atoms with Crippen LogP contribution in [-0.4, -0.2) is 53.8 Å². The van der Waals surface area contributed by atoms with Crippen LogP contribution in [0.15, 0.2) is 18.7 Å². The third-order valence-electron chi connectivity index (χ3n) is 2.77. The fourth-order valence-corrected chi connectivity index (χ4v) is 1.71. The fraction of sp³-hybridized carbons (Fsp3) is 0.455. The number of ether oxygens (including phenoxy) is 1. The smallest absolute Gasteiger partial charge is 0.381 e. The van der Waals surface area contributed by atoms with Crippen LogP contribution < -0.4 is 0 Å². The Hall–Kier alpha value is -2.82. The SMILES string of the molecule is CC(=O)OCC(CO)n1cc(Cn2cnc([N+](=O)[O-])c2)nn1. The summed E-state index contributed by atoms with van der Waals surface area (Å²) >= 11 is 0. The zero-order chi connectivity index (χ0) is 16.1. The Morgan fingerprint density at radius 3 is 2.91 bits per heavy atom. The summed E-state index contributed by atoms with van der Waals surface area (Å²) in [5, 5.41) is 27.6. The van der Waals surface area contributed by atoms with Crippen molar-refractivity contribution < 1.29 is 19.6 Å². The number of aromatic nitrogens is 5. The number of carbonyl (C=O) groups excluding carboxylic acids is 1. The highest BCUT2D eigenvalue weighted by Crippen LogP contribution is 2.10. The molecule has 0 amide bonds. The molecule has 0 aromatic carbocycles. The molecule has 0 aliphatic rings. The van der Waals surface area contributed by atoms with Crippen LogP contribution in [0, 0.1) is 10.1 Å². The summed E-state index contributed by atoms with van der Waals surface area (Å²) in [4.78, 5) is 24.4. The number of carbonyl (C=O) groups is 1. The number of nitrogens with zero attached hydrogens (tertiary/aromatic N) is 6. The van der Waals surface area contributed by atoms with E-state index in [0.29, 0.717) is 5.69 Å². The number of rotatable bonds is 7. The van der Waals surface area contributed by atoms with Crippen LogP contribution >= 0.6 is 0 Å². The van der Waals surface area contributed by atoms with Crippen molar-refractivity contribution in [3.63, 3.8) is 0 Å². The molecule has 0 saturated carbocycles. The van der Waals surface area contributed by atoms with Crippen molar-refractivity contribution >= 4 is 11.8 Å². The molecule has 0 aliphatic carbocycles. The normalized spacial score (nSPS) is 12.1. The lowest BCUT2D eigenvalue weighted by Crippen LogP contribution is -2.21. The number of imidazole rings is 1. The van der Waals surface area contributed by atoms with Gasteiger partial charge in [-0.3, -0.25) is 4.79 Å². The van der Waals surface area contributed by atoms with Gasteiger partial charge in [0.2, 0.25) is 6.33 Å². The number of aliphatic hydroxyl groups is 1. The van der Waals surface area contributed by atoms with E-state index in [0.717, 1.165) is 0 Å². The second kappa shape index (κ2) is 6.76. The van der Waals surface area contributed by atoms with Gasteiger partial charge in [0.1, 0.15) is 24.5 Å². The molecule has 0 radical (unpaired) electrons. The fourth-order valence-electron chi connectivity index (χ4n) is 1.71. The van der Waals surface area contributed by atoms with E-state index >= 15 is 0 Å². The molecule has 1 unspecified atom stereocenters. The molecule has 1 atom stereocenters. The maximum Gasteiger partial charge on any atom is 0.381 e. The lowest BCUT2D eigenvalue weighted by molar-refractivity contribution is -0.389. The molecule has 22 heavy (non-hydrogen) atoms. The van der Waals surface area contributed by atoms with Crippen molar-refractivity contribution in [3.05, 3.63) is 34.5 Å². The van der Waals surface area contributed by atoms with Gasteiger partial charge in [0, 0.05) is 6.92 Å². The highest BCUT2D eigenvalue weighted by molar-refractivity contribution is 5.65. The first-order chi connectivity index (χ1) is 10.5. The number of esters is 1. The molecule has 0 aliphatic heterocycles. The van der Waals surface area contributed by atoms with E-state index in [4.69, 9.17) is 4.74 Å². The van der Waals surface area contributed by atoms with Crippen molar-refractivity contribution in [3.8, 4) is 0 Å². The Balaban J connectivity index is 2.03. The van der Waals surface area contributed by atoms with Crippen molar-refractivity contribution in [2.75, 3.05) is 13.2 Å². The summed E-state index contributed by atoms with van der Waals surface area (Å²) in [7, 11) is 0. The van der Waals surface area contributed by atoms with Gasteiger partial charge >= 0.3 is 11.8 Å². The summed E-state index contributed by atoms with van der Waals surface area (Å²) in [6.45, 7) is 1.22. The summed E-state index contributed by atoms with van der Waals surface area (Å²) in [5.74, 6) is -0.708. The monoisotopic (exact) mass is 310 g/mol. The van der Waals surface area contributed by atoms with Crippen molar-refractivity contribution in [2.45, 2.75) is 19.5 Å². The van der Waals surface area contributed by atoms with E-state index in [9.17, 15) is 20.0 Å². The zero-order valence-electron chi connectivity index (χ0n) is 11.7. The van der Waals surface area contributed by atoms with Crippen LogP contribution in [0.1, 0.15) is 18.7 Å². The van der Waals surface area contributed by atoms with Crippen LogP contribution in [0.25, 0.3) is 0 Å². The number of hydrogen-bond acceptors (Lipinski definition) is 8. The van der Waals surface area contributed by atoms with Gasteiger partial charge < -0.3 is 24.5 Å². The number of hydrogen-bond donors (Lipinski definition) is 1. The zero-order valence-corrected chi connectivity index (χ0v) is 11.7. The minimum Gasteiger partial charge on any atom is -0.463 e. The molecule has 2 heterocycles. The summed E-state index contributed by atoms with van der Waals surface area (Å²) in [6.07, 6.45) is 4.16. The van der Waals surface area contributed by atoms with Gasteiger partial charge in [-0.2, -0.15) is 0 Å². The lowest BCUT2D eigenvalue weighted by Gasteiger charge is -2.13. The van der Waals surface area contributed by atoms with Gasteiger partial charge in [-0.1, -0.05) is 5.21 Å². The minimum atomic E-state index is -0.589. The Morgan fingerprint density at radius 1 is 1.55 bits per heavy atom. The minimum absolute atomic E-state index is 0.0226. The van der Waals surface area contributed by atoms with Gasteiger partial charge in [0.15, 0.2) is 0 Å². The van der Waals surface area contributed by atoms with E-state index in [2.05, 4.69) is 15.3 Å². The van der Waals surface area contributed by atoms with E-state index in [1.54, 1.807) is 6.20 Å². The molecule has 11 heteroatoms. The second-order valence-electron chi connectivity index (χ2n) is 4.49. The van der Waals surface area contributed by atoms with Crippen molar-refractivity contribution in [2.24, 2.45) is 0 Å². The predicted octanol–water partition coefficient (Wildman–Crippen LogP) is -0.472. The van der Waals surface area contributed by atoms with Crippen LogP contribution in [0.3, 0.4) is 0 Å². The van der Waals surface area contributed by atoms with E-state index in [1.165, 1.54) is 28.7 Å². The molecule has 118 valence electrons. The molecule has 0 saturated heterocycles. The third kappa shape index (κ3) is 3.85. The Bertz CT molecular complexity index is 665. The lowest BCUT2D eigenvalue weighted by atomic mass is 10.3.